The smallest absolute Gasteiger partial charge is 0.338 e. The summed E-state index contributed by atoms with van der Waals surface area (Å²) >= 11 is 5.89. The largest absolute Gasteiger partial charge is 0.449 e. The zero-order valence-electron chi connectivity index (χ0n) is 17.4. The molecule has 2 N–H and O–H groups in total. The molecule has 1 atom stereocenters. The van der Waals surface area contributed by atoms with Crippen LogP contribution in [0, 0.1) is 0 Å². The molecule has 3 amide bonds. The lowest BCUT2D eigenvalue weighted by molar-refractivity contribution is -0.127. The maximum Gasteiger partial charge on any atom is 0.338 e. The van der Waals surface area contributed by atoms with Crippen molar-refractivity contribution in [1.82, 2.24) is 10.6 Å². The maximum absolute atomic E-state index is 13.3. The van der Waals surface area contributed by atoms with Gasteiger partial charge < -0.3 is 10.1 Å². The molecule has 1 unspecified atom stereocenters. The molecule has 0 spiro atoms. The van der Waals surface area contributed by atoms with E-state index in [-0.39, 0.29) is 17.0 Å². The van der Waals surface area contributed by atoms with Gasteiger partial charge in [-0.15, -0.1) is 6.58 Å². The molecular formula is C21H22ClN3O6S. The third-order valence-electron chi connectivity index (χ3n) is 4.18. The van der Waals surface area contributed by atoms with E-state index >= 15 is 0 Å². The van der Waals surface area contributed by atoms with Gasteiger partial charge in [-0.05, 0) is 49.4 Å². The number of rotatable bonds is 8. The highest BCUT2D eigenvalue weighted by Crippen LogP contribution is 2.26. The monoisotopic (exact) mass is 479 g/mol. The van der Waals surface area contributed by atoms with Crippen molar-refractivity contribution in [2.45, 2.75) is 17.9 Å². The highest BCUT2D eigenvalue weighted by Gasteiger charge is 2.26. The molecule has 11 heteroatoms. The van der Waals surface area contributed by atoms with Crippen LogP contribution in [-0.4, -0.2) is 46.0 Å². The van der Waals surface area contributed by atoms with Crippen molar-refractivity contribution in [3.05, 3.63) is 71.8 Å². The maximum atomic E-state index is 13.3. The van der Waals surface area contributed by atoms with Crippen molar-refractivity contribution < 1.29 is 27.5 Å². The summed E-state index contributed by atoms with van der Waals surface area (Å²) in [6.07, 6.45) is 0.142. The first kappa shape index (κ1) is 24.9. The summed E-state index contributed by atoms with van der Waals surface area (Å²) in [5.74, 6) is -1.76. The standard InChI is InChI=1S/C21H22ClN3O6S/c1-4-12-25(17-10-8-16(22)9-11-17)32(29,30)18-7-5-6-15(13-18)20(27)31-14(2)19(26)24-21(28)23-3/h4-11,13-14H,1,12H2,2-3H3,(H2,23,24,26,28). The van der Waals surface area contributed by atoms with E-state index in [1.165, 1.54) is 38.2 Å². The van der Waals surface area contributed by atoms with Gasteiger partial charge in [0.05, 0.1) is 22.7 Å². The number of hydrogen-bond donors (Lipinski definition) is 2. The van der Waals surface area contributed by atoms with E-state index in [0.717, 1.165) is 10.4 Å². The molecule has 0 aliphatic heterocycles. The van der Waals surface area contributed by atoms with Crippen LogP contribution < -0.4 is 14.9 Å². The van der Waals surface area contributed by atoms with Gasteiger partial charge in [0.1, 0.15) is 0 Å². The number of benzene rings is 2. The van der Waals surface area contributed by atoms with Gasteiger partial charge in [0.2, 0.25) is 0 Å². The molecule has 2 aromatic carbocycles. The van der Waals surface area contributed by atoms with Crippen LogP contribution in [-0.2, 0) is 19.6 Å². The highest BCUT2D eigenvalue weighted by molar-refractivity contribution is 7.92. The van der Waals surface area contributed by atoms with Crippen LogP contribution in [0.3, 0.4) is 0 Å². The lowest BCUT2D eigenvalue weighted by Crippen LogP contribution is -2.43. The van der Waals surface area contributed by atoms with Gasteiger partial charge in [0, 0.05) is 12.1 Å². The van der Waals surface area contributed by atoms with E-state index < -0.39 is 34.0 Å². The average Bonchev–Trinajstić information content (AvgIpc) is 2.77. The fourth-order valence-corrected chi connectivity index (χ4v) is 4.14. The summed E-state index contributed by atoms with van der Waals surface area (Å²) in [7, 11) is -2.75. The number of hydrogen-bond acceptors (Lipinski definition) is 6. The van der Waals surface area contributed by atoms with Gasteiger partial charge in [-0.1, -0.05) is 23.7 Å². The summed E-state index contributed by atoms with van der Waals surface area (Å²) < 4.78 is 32.7. The number of anilines is 1. The van der Waals surface area contributed by atoms with Crippen molar-refractivity contribution in [1.29, 1.82) is 0 Å². The zero-order valence-corrected chi connectivity index (χ0v) is 18.9. The van der Waals surface area contributed by atoms with Gasteiger partial charge in [0.25, 0.3) is 15.9 Å². The van der Waals surface area contributed by atoms with Gasteiger partial charge in [-0.25, -0.2) is 18.0 Å². The quantitative estimate of drug-likeness (QED) is 0.443. The molecule has 0 saturated carbocycles. The minimum atomic E-state index is -4.07. The van der Waals surface area contributed by atoms with Crippen LogP contribution in [0.1, 0.15) is 17.3 Å². The number of urea groups is 1. The number of carbonyl (C=O) groups excluding carboxylic acids is 3. The van der Waals surface area contributed by atoms with E-state index in [0.29, 0.717) is 10.7 Å². The molecule has 0 aliphatic rings. The summed E-state index contributed by atoms with van der Waals surface area (Å²) in [5, 5.41) is 4.63. The summed E-state index contributed by atoms with van der Waals surface area (Å²) in [6.45, 7) is 4.86. The fourth-order valence-electron chi connectivity index (χ4n) is 2.54. The van der Waals surface area contributed by atoms with Crippen molar-refractivity contribution in [2.24, 2.45) is 0 Å². The number of ether oxygens (including phenoxy) is 1. The number of sulfonamides is 1. The number of carbonyl (C=O) groups is 3. The van der Waals surface area contributed by atoms with Crippen LogP contribution in [0.2, 0.25) is 5.02 Å². The van der Waals surface area contributed by atoms with E-state index in [4.69, 9.17) is 16.3 Å². The van der Waals surface area contributed by atoms with Gasteiger partial charge in [-0.3, -0.25) is 14.4 Å². The third kappa shape index (κ3) is 6.08. The number of imide groups is 1. The Bertz CT molecular complexity index is 1120. The first-order chi connectivity index (χ1) is 15.1. The molecule has 9 nitrogen and oxygen atoms in total. The van der Waals surface area contributed by atoms with Crippen molar-refractivity contribution in [3.8, 4) is 0 Å². The summed E-state index contributed by atoms with van der Waals surface area (Å²) in [5.41, 5.74) is 0.280. The fraction of sp³-hybridized carbons (Fsp3) is 0.190. The predicted octanol–water partition coefficient (Wildman–Crippen LogP) is 2.72. The first-order valence-electron chi connectivity index (χ1n) is 9.33. The highest BCUT2D eigenvalue weighted by atomic mass is 35.5. The van der Waals surface area contributed by atoms with Crippen LogP contribution in [0.5, 0.6) is 0 Å². The number of nitrogens with zero attached hydrogens (tertiary/aromatic N) is 1. The molecule has 0 bridgehead atoms. The molecule has 0 saturated heterocycles. The molecule has 2 aromatic rings. The van der Waals surface area contributed by atoms with Gasteiger partial charge >= 0.3 is 12.0 Å². The Morgan fingerprint density at radius 3 is 2.44 bits per heavy atom. The van der Waals surface area contributed by atoms with Crippen molar-refractivity contribution in [3.63, 3.8) is 0 Å². The Morgan fingerprint density at radius 2 is 1.84 bits per heavy atom. The number of esters is 1. The average molecular weight is 480 g/mol. The van der Waals surface area contributed by atoms with E-state index in [9.17, 15) is 22.8 Å². The molecule has 0 radical (unpaired) electrons. The summed E-state index contributed by atoms with van der Waals surface area (Å²) in [6, 6.07) is 10.7. The van der Waals surface area contributed by atoms with E-state index in [2.05, 4.69) is 11.9 Å². The summed E-state index contributed by atoms with van der Waals surface area (Å²) in [4.78, 5) is 35.4. The van der Waals surface area contributed by atoms with Crippen LogP contribution in [0.4, 0.5) is 10.5 Å². The minimum Gasteiger partial charge on any atom is -0.449 e. The second-order valence-electron chi connectivity index (χ2n) is 6.44. The lowest BCUT2D eigenvalue weighted by atomic mass is 10.2. The lowest BCUT2D eigenvalue weighted by Gasteiger charge is -2.23. The van der Waals surface area contributed by atoms with E-state index in [1.54, 1.807) is 24.3 Å². The number of amides is 3. The Labute approximate surface area is 191 Å². The second-order valence-corrected chi connectivity index (χ2v) is 8.74. The Balaban J connectivity index is 2.28. The second kappa shape index (κ2) is 10.8. The molecule has 170 valence electrons. The molecule has 0 fully saturated rings. The minimum absolute atomic E-state index is 0.0185. The molecule has 0 aliphatic carbocycles. The Hall–Kier alpha value is -3.37. The number of halogens is 1. The Morgan fingerprint density at radius 1 is 1.19 bits per heavy atom. The van der Waals surface area contributed by atoms with Gasteiger partial charge in [-0.2, -0.15) is 0 Å². The molecule has 32 heavy (non-hydrogen) atoms. The van der Waals surface area contributed by atoms with Crippen molar-refractivity contribution >= 4 is 45.2 Å². The van der Waals surface area contributed by atoms with Crippen LogP contribution in [0.15, 0.2) is 66.1 Å². The van der Waals surface area contributed by atoms with E-state index in [1.807, 2.05) is 5.32 Å². The SMILES string of the molecule is C=CCN(c1ccc(Cl)cc1)S(=O)(=O)c1cccc(C(=O)OC(C)C(=O)NC(=O)NC)c1. The molecule has 0 heterocycles. The zero-order chi connectivity index (χ0) is 23.9. The van der Waals surface area contributed by atoms with Crippen LogP contribution in [0.25, 0.3) is 0 Å². The third-order valence-corrected chi connectivity index (χ3v) is 6.23. The Kier molecular flexibility index (Phi) is 8.39. The topological polar surface area (TPSA) is 122 Å². The van der Waals surface area contributed by atoms with Crippen molar-refractivity contribution in [2.75, 3.05) is 17.9 Å². The number of nitrogens with one attached hydrogen (secondary N) is 2. The first-order valence-corrected chi connectivity index (χ1v) is 11.1. The van der Waals surface area contributed by atoms with Crippen LogP contribution >= 0.6 is 11.6 Å². The van der Waals surface area contributed by atoms with Gasteiger partial charge in [0.15, 0.2) is 6.10 Å². The predicted molar refractivity (Wildman–Crippen MR) is 120 cm³/mol. The normalized spacial score (nSPS) is 11.7. The molecule has 2 rings (SSSR count). The molecule has 0 aromatic heterocycles. The molecular weight excluding hydrogens is 458 g/mol.